The first-order chi connectivity index (χ1) is 9.76. The summed E-state index contributed by atoms with van der Waals surface area (Å²) >= 11 is 0. The zero-order valence-electron chi connectivity index (χ0n) is 12.8. The standard InChI is InChI=1S/C16H29NO3/c1-3-5-8-14(7-4-2)17-11-15(18)12-19-13-16-9-6-10-20-16/h6,9-10,14-15,17-18H,3-5,7-8,11-13H2,1-2H3. The lowest BCUT2D eigenvalue weighted by molar-refractivity contribution is 0.0212. The molecule has 116 valence electrons. The average Bonchev–Trinajstić information content (AvgIpc) is 2.95. The number of furan rings is 1. The summed E-state index contributed by atoms with van der Waals surface area (Å²) in [7, 11) is 0. The summed E-state index contributed by atoms with van der Waals surface area (Å²) in [6, 6.07) is 4.21. The molecule has 4 nitrogen and oxygen atoms in total. The highest BCUT2D eigenvalue weighted by molar-refractivity contribution is 4.96. The largest absolute Gasteiger partial charge is 0.467 e. The lowest BCUT2D eigenvalue weighted by Gasteiger charge is -2.20. The number of hydrogen-bond donors (Lipinski definition) is 2. The van der Waals surface area contributed by atoms with E-state index in [0.717, 1.165) is 5.76 Å². The molecular weight excluding hydrogens is 254 g/mol. The summed E-state index contributed by atoms with van der Waals surface area (Å²) in [5.41, 5.74) is 0. The first kappa shape index (κ1) is 17.2. The Morgan fingerprint density at radius 3 is 2.80 bits per heavy atom. The van der Waals surface area contributed by atoms with Crippen LogP contribution in [0.4, 0.5) is 0 Å². The zero-order chi connectivity index (χ0) is 14.6. The van der Waals surface area contributed by atoms with E-state index >= 15 is 0 Å². The van der Waals surface area contributed by atoms with Crippen molar-refractivity contribution in [3.8, 4) is 0 Å². The normalized spacial score (nSPS) is 14.3. The van der Waals surface area contributed by atoms with Crippen LogP contribution in [0.3, 0.4) is 0 Å². The molecule has 4 heteroatoms. The number of aliphatic hydroxyl groups is 1. The van der Waals surface area contributed by atoms with Crippen LogP contribution in [0.15, 0.2) is 22.8 Å². The van der Waals surface area contributed by atoms with Gasteiger partial charge in [0.15, 0.2) is 0 Å². The van der Waals surface area contributed by atoms with Crippen LogP contribution >= 0.6 is 0 Å². The predicted octanol–water partition coefficient (Wildman–Crippen LogP) is 3.11. The van der Waals surface area contributed by atoms with Crippen LogP contribution in [-0.2, 0) is 11.3 Å². The second-order valence-corrected chi connectivity index (χ2v) is 5.28. The van der Waals surface area contributed by atoms with Gasteiger partial charge in [0.05, 0.1) is 19.0 Å². The van der Waals surface area contributed by atoms with Crippen molar-refractivity contribution >= 4 is 0 Å². The maximum atomic E-state index is 9.90. The third-order valence-corrected chi connectivity index (χ3v) is 3.32. The maximum absolute atomic E-state index is 9.90. The molecule has 0 aliphatic rings. The fourth-order valence-electron chi connectivity index (χ4n) is 2.20. The second kappa shape index (κ2) is 10.9. The van der Waals surface area contributed by atoms with E-state index in [1.165, 1.54) is 32.1 Å². The molecular formula is C16H29NO3. The Morgan fingerprint density at radius 2 is 2.15 bits per heavy atom. The van der Waals surface area contributed by atoms with Gasteiger partial charge >= 0.3 is 0 Å². The molecule has 0 saturated heterocycles. The van der Waals surface area contributed by atoms with Gasteiger partial charge in [0.2, 0.25) is 0 Å². The summed E-state index contributed by atoms with van der Waals surface area (Å²) in [6.45, 7) is 5.75. The van der Waals surface area contributed by atoms with Crippen LogP contribution in [-0.4, -0.2) is 30.4 Å². The molecule has 0 aromatic carbocycles. The van der Waals surface area contributed by atoms with Crippen LogP contribution < -0.4 is 5.32 Å². The molecule has 20 heavy (non-hydrogen) atoms. The summed E-state index contributed by atoms with van der Waals surface area (Å²) in [4.78, 5) is 0. The summed E-state index contributed by atoms with van der Waals surface area (Å²) < 4.78 is 10.6. The Morgan fingerprint density at radius 1 is 1.30 bits per heavy atom. The van der Waals surface area contributed by atoms with Gasteiger partial charge in [-0.3, -0.25) is 0 Å². The zero-order valence-corrected chi connectivity index (χ0v) is 12.8. The van der Waals surface area contributed by atoms with E-state index in [1.807, 2.05) is 12.1 Å². The van der Waals surface area contributed by atoms with Gasteiger partial charge in [0.25, 0.3) is 0 Å². The third-order valence-electron chi connectivity index (χ3n) is 3.32. The van der Waals surface area contributed by atoms with Gasteiger partial charge in [-0.05, 0) is 25.0 Å². The van der Waals surface area contributed by atoms with Crippen LogP contribution in [0.2, 0.25) is 0 Å². The molecule has 0 bridgehead atoms. The minimum absolute atomic E-state index is 0.334. The molecule has 2 N–H and O–H groups in total. The van der Waals surface area contributed by atoms with E-state index in [-0.39, 0.29) is 0 Å². The molecule has 1 heterocycles. The lowest BCUT2D eigenvalue weighted by atomic mass is 10.1. The smallest absolute Gasteiger partial charge is 0.129 e. The summed E-state index contributed by atoms with van der Waals surface area (Å²) in [6.07, 6.45) is 7.14. The minimum atomic E-state index is -0.467. The Labute approximate surface area is 122 Å². The average molecular weight is 283 g/mol. The molecule has 0 saturated carbocycles. The van der Waals surface area contributed by atoms with Gasteiger partial charge in [0, 0.05) is 12.6 Å². The number of aliphatic hydroxyl groups excluding tert-OH is 1. The number of hydrogen-bond acceptors (Lipinski definition) is 4. The summed E-state index contributed by atoms with van der Waals surface area (Å²) in [5, 5.41) is 13.3. The molecule has 0 aliphatic carbocycles. The van der Waals surface area contributed by atoms with Crippen molar-refractivity contribution in [2.45, 2.75) is 64.7 Å². The van der Waals surface area contributed by atoms with Crippen molar-refractivity contribution in [3.05, 3.63) is 24.2 Å². The van der Waals surface area contributed by atoms with Crippen LogP contribution in [0.5, 0.6) is 0 Å². The van der Waals surface area contributed by atoms with Crippen molar-refractivity contribution < 1.29 is 14.3 Å². The van der Waals surface area contributed by atoms with Crippen molar-refractivity contribution in [2.75, 3.05) is 13.2 Å². The van der Waals surface area contributed by atoms with E-state index < -0.39 is 6.10 Å². The molecule has 1 rings (SSSR count). The van der Waals surface area contributed by atoms with E-state index in [9.17, 15) is 5.11 Å². The molecule has 1 aromatic heterocycles. The van der Waals surface area contributed by atoms with E-state index in [4.69, 9.17) is 9.15 Å². The van der Waals surface area contributed by atoms with Gasteiger partial charge in [0.1, 0.15) is 12.4 Å². The minimum Gasteiger partial charge on any atom is -0.467 e. The highest BCUT2D eigenvalue weighted by Crippen LogP contribution is 2.07. The molecule has 0 spiro atoms. The van der Waals surface area contributed by atoms with Crippen molar-refractivity contribution in [1.29, 1.82) is 0 Å². The molecule has 0 fully saturated rings. The SMILES string of the molecule is CCCCC(CCC)NCC(O)COCc1ccco1. The van der Waals surface area contributed by atoms with Crippen molar-refractivity contribution in [3.63, 3.8) is 0 Å². The number of nitrogens with one attached hydrogen (secondary N) is 1. The predicted molar refractivity (Wildman–Crippen MR) is 80.6 cm³/mol. The topological polar surface area (TPSA) is 54.6 Å². The third kappa shape index (κ3) is 7.68. The van der Waals surface area contributed by atoms with Gasteiger partial charge in [-0.1, -0.05) is 33.1 Å². The Balaban J connectivity index is 2.11. The van der Waals surface area contributed by atoms with Crippen molar-refractivity contribution in [2.24, 2.45) is 0 Å². The van der Waals surface area contributed by atoms with Gasteiger partial charge in [-0.15, -0.1) is 0 Å². The number of ether oxygens (including phenoxy) is 1. The number of unbranched alkanes of at least 4 members (excludes halogenated alkanes) is 1. The summed E-state index contributed by atoms with van der Waals surface area (Å²) in [5.74, 6) is 0.789. The molecule has 2 unspecified atom stereocenters. The lowest BCUT2D eigenvalue weighted by Crippen LogP contribution is -2.37. The van der Waals surface area contributed by atoms with Crippen LogP contribution in [0.1, 0.15) is 51.7 Å². The Bertz CT molecular complexity index is 314. The monoisotopic (exact) mass is 283 g/mol. The molecule has 0 aliphatic heterocycles. The van der Waals surface area contributed by atoms with Gasteiger partial charge in [-0.25, -0.2) is 0 Å². The van der Waals surface area contributed by atoms with E-state index in [0.29, 0.717) is 25.8 Å². The Kier molecular flexibility index (Phi) is 9.37. The number of rotatable bonds is 12. The fraction of sp³-hybridized carbons (Fsp3) is 0.750. The Hall–Kier alpha value is -0.840. The second-order valence-electron chi connectivity index (χ2n) is 5.28. The molecule has 1 aromatic rings. The molecule has 2 atom stereocenters. The van der Waals surface area contributed by atoms with E-state index in [1.54, 1.807) is 6.26 Å². The van der Waals surface area contributed by atoms with Gasteiger partial charge in [-0.2, -0.15) is 0 Å². The van der Waals surface area contributed by atoms with Crippen molar-refractivity contribution in [1.82, 2.24) is 5.32 Å². The highest BCUT2D eigenvalue weighted by atomic mass is 16.5. The highest BCUT2D eigenvalue weighted by Gasteiger charge is 2.10. The fourth-order valence-corrected chi connectivity index (χ4v) is 2.20. The van der Waals surface area contributed by atoms with Gasteiger partial charge < -0.3 is 19.6 Å². The van der Waals surface area contributed by atoms with Crippen LogP contribution in [0.25, 0.3) is 0 Å². The molecule has 0 radical (unpaired) electrons. The maximum Gasteiger partial charge on any atom is 0.129 e. The first-order valence-electron chi connectivity index (χ1n) is 7.77. The van der Waals surface area contributed by atoms with E-state index in [2.05, 4.69) is 19.2 Å². The first-order valence-corrected chi connectivity index (χ1v) is 7.77. The van der Waals surface area contributed by atoms with Crippen LogP contribution in [0, 0.1) is 0 Å². The molecule has 0 amide bonds. The quantitative estimate of drug-likeness (QED) is 0.619.